The number of para-hydroxylation sites is 1. The first-order valence-electron chi connectivity index (χ1n) is 9.26. The number of rotatable bonds is 7. The third kappa shape index (κ3) is 4.61. The summed E-state index contributed by atoms with van der Waals surface area (Å²) in [7, 11) is 3.90. The first-order valence-corrected chi connectivity index (χ1v) is 9.26. The topological polar surface area (TPSA) is 40.6 Å². The fourth-order valence-corrected chi connectivity index (χ4v) is 3.42. The van der Waals surface area contributed by atoms with Crippen molar-refractivity contribution in [3.8, 4) is 5.75 Å². The molecule has 25 heavy (non-hydrogen) atoms. The van der Waals surface area contributed by atoms with Crippen LogP contribution in [0.1, 0.15) is 18.5 Å². The standard InChI is InChI=1S/C20H30N4O/c1-16-15-18(17-7-6-8-19(25-3)20(17)22-16)21-9-4-5-10-24-13-11-23(2)12-14-24/h6-8,15H,4-5,9-14H2,1-3H3,(H,21,22). The van der Waals surface area contributed by atoms with Gasteiger partial charge in [-0.3, -0.25) is 0 Å². The van der Waals surface area contributed by atoms with Crippen molar-refractivity contribution in [2.45, 2.75) is 19.8 Å². The van der Waals surface area contributed by atoms with Gasteiger partial charge in [-0.15, -0.1) is 0 Å². The molecule has 0 atom stereocenters. The normalized spacial score (nSPS) is 16.3. The van der Waals surface area contributed by atoms with Crippen molar-refractivity contribution in [3.63, 3.8) is 0 Å². The molecule has 1 N–H and O–H groups in total. The number of methoxy groups -OCH3 is 1. The molecule has 1 aliphatic heterocycles. The van der Waals surface area contributed by atoms with Gasteiger partial charge in [0.15, 0.2) is 0 Å². The number of hydrogen-bond donors (Lipinski definition) is 1. The second-order valence-corrected chi connectivity index (χ2v) is 6.95. The van der Waals surface area contributed by atoms with Gasteiger partial charge in [-0.25, -0.2) is 4.98 Å². The number of benzene rings is 1. The van der Waals surface area contributed by atoms with Crippen molar-refractivity contribution in [1.29, 1.82) is 0 Å². The largest absolute Gasteiger partial charge is 0.494 e. The van der Waals surface area contributed by atoms with Crippen molar-refractivity contribution in [2.24, 2.45) is 0 Å². The summed E-state index contributed by atoms with van der Waals surface area (Å²) in [5.41, 5.74) is 3.10. The van der Waals surface area contributed by atoms with E-state index >= 15 is 0 Å². The summed E-state index contributed by atoms with van der Waals surface area (Å²) in [6.45, 7) is 9.04. The van der Waals surface area contributed by atoms with Gasteiger partial charge in [-0.1, -0.05) is 12.1 Å². The average molecular weight is 342 g/mol. The van der Waals surface area contributed by atoms with Crippen LogP contribution in [0.3, 0.4) is 0 Å². The molecule has 0 amide bonds. The van der Waals surface area contributed by atoms with E-state index in [1.807, 2.05) is 19.1 Å². The number of fused-ring (bicyclic) bond motifs is 1. The first-order chi connectivity index (χ1) is 12.2. The number of ether oxygens (including phenoxy) is 1. The summed E-state index contributed by atoms with van der Waals surface area (Å²) >= 11 is 0. The molecule has 136 valence electrons. The van der Waals surface area contributed by atoms with Crippen molar-refractivity contribution in [2.75, 3.05) is 58.7 Å². The Bertz CT molecular complexity index is 695. The Morgan fingerprint density at radius 2 is 1.96 bits per heavy atom. The monoisotopic (exact) mass is 342 g/mol. The average Bonchev–Trinajstić information content (AvgIpc) is 2.62. The molecule has 5 heteroatoms. The molecular formula is C20H30N4O. The van der Waals surface area contributed by atoms with Crippen molar-refractivity contribution in [1.82, 2.24) is 14.8 Å². The van der Waals surface area contributed by atoms with Gasteiger partial charge in [0.2, 0.25) is 0 Å². The SMILES string of the molecule is COc1cccc2c(NCCCCN3CCN(C)CC3)cc(C)nc12. The second kappa shape index (κ2) is 8.50. The molecule has 5 nitrogen and oxygen atoms in total. The number of anilines is 1. The third-order valence-electron chi connectivity index (χ3n) is 4.96. The molecule has 0 radical (unpaired) electrons. The van der Waals surface area contributed by atoms with Crippen LogP contribution >= 0.6 is 0 Å². The molecule has 1 saturated heterocycles. The van der Waals surface area contributed by atoms with Crippen LogP contribution < -0.4 is 10.1 Å². The highest BCUT2D eigenvalue weighted by Gasteiger charge is 2.13. The summed E-state index contributed by atoms with van der Waals surface area (Å²) in [5, 5.41) is 4.73. The Morgan fingerprint density at radius 3 is 2.72 bits per heavy atom. The molecule has 1 aliphatic rings. The Morgan fingerprint density at radius 1 is 1.16 bits per heavy atom. The molecule has 0 bridgehead atoms. The quantitative estimate of drug-likeness (QED) is 0.784. The van der Waals surface area contributed by atoms with Gasteiger partial charge in [0.25, 0.3) is 0 Å². The van der Waals surface area contributed by atoms with Gasteiger partial charge in [-0.05, 0) is 45.5 Å². The van der Waals surface area contributed by atoms with Crippen LogP contribution in [0.2, 0.25) is 0 Å². The van der Waals surface area contributed by atoms with Crippen LogP contribution in [-0.2, 0) is 0 Å². The highest BCUT2D eigenvalue weighted by atomic mass is 16.5. The Balaban J connectivity index is 1.53. The predicted octanol–water partition coefficient (Wildman–Crippen LogP) is 2.99. The van der Waals surface area contributed by atoms with Crippen molar-refractivity contribution < 1.29 is 4.74 Å². The van der Waals surface area contributed by atoms with Gasteiger partial charge in [0, 0.05) is 49.5 Å². The molecule has 2 heterocycles. The van der Waals surface area contributed by atoms with E-state index in [1.165, 1.54) is 45.6 Å². The zero-order chi connectivity index (χ0) is 17.6. The highest BCUT2D eigenvalue weighted by Crippen LogP contribution is 2.29. The lowest BCUT2D eigenvalue weighted by Gasteiger charge is -2.32. The first kappa shape index (κ1) is 18.0. The lowest BCUT2D eigenvalue weighted by atomic mass is 10.1. The van der Waals surface area contributed by atoms with E-state index in [4.69, 9.17) is 4.74 Å². The maximum Gasteiger partial charge on any atom is 0.145 e. The molecule has 0 unspecified atom stereocenters. The highest BCUT2D eigenvalue weighted by molar-refractivity contribution is 5.95. The van der Waals surface area contributed by atoms with E-state index in [9.17, 15) is 0 Å². The number of aryl methyl sites for hydroxylation is 1. The minimum absolute atomic E-state index is 0.833. The number of hydrogen-bond acceptors (Lipinski definition) is 5. The third-order valence-corrected chi connectivity index (χ3v) is 4.96. The van der Waals surface area contributed by atoms with Gasteiger partial charge in [0.05, 0.1) is 7.11 Å². The van der Waals surface area contributed by atoms with Crippen LogP contribution in [0.25, 0.3) is 10.9 Å². The predicted molar refractivity (Wildman–Crippen MR) is 105 cm³/mol. The number of nitrogens with zero attached hydrogens (tertiary/aromatic N) is 3. The van der Waals surface area contributed by atoms with Gasteiger partial charge in [0.1, 0.15) is 11.3 Å². The number of unbranched alkanes of at least 4 members (excludes halogenated alkanes) is 1. The molecule has 1 aromatic carbocycles. The smallest absolute Gasteiger partial charge is 0.145 e. The number of nitrogens with one attached hydrogen (secondary N) is 1. The molecular weight excluding hydrogens is 312 g/mol. The zero-order valence-electron chi connectivity index (χ0n) is 15.7. The number of aromatic nitrogens is 1. The van der Waals surface area contributed by atoms with E-state index in [0.717, 1.165) is 34.6 Å². The molecule has 1 aromatic heterocycles. The number of likely N-dealkylation sites (N-methyl/N-ethyl adjacent to an activating group) is 1. The van der Waals surface area contributed by atoms with Gasteiger partial charge >= 0.3 is 0 Å². The van der Waals surface area contributed by atoms with Gasteiger partial charge in [-0.2, -0.15) is 0 Å². The van der Waals surface area contributed by atoms with Gasteiger partial charge < -0.3 is 19.9 Å². The zero-order valence-corrected chi connectivity index (χ0v) is 15.7. The molecule has 0 saturated carbocycles. The van der Waals surface area contributed by atoms with Crippen LogP contribution in [0.5, 0.6) is 5.75 Å². The van der Waals surface area contributed by atoms with E-state index in [2.05, 4.69) is 39.3 Å². The van der Waals surface area contributed by atoms with Crippen LogP contribution in [0.15, 0.2) is 24.3 Å². The van der Waals surface area contributed by atoms with Crippen LogP contribution in [0.4, 0.5) is 5.69 Å². The fraction of sp³-hybridized carbons (Fsp3) is 0.550. The molecule has 2 aromatic rings. The maximum absolute atomic E-state index is 5.46. The molecule has 0 spiro atoms. The Hall–Kier alpha value is -1.85. The van der Waals surface area contributed by atoms with Crippen LogP contribution in [-0.4, -0.2) is 68.2 Å². The minimum Gasteiger partial charge on any atom is -0.494 e. The Kier molecular flexibility index (Phi) is 6.10. The second-order valence-electron chi connectivity index (χ2n) is 6.95. The van der Waals surface area contributed by atoms with Crippen molar-refractivity contribution in [3.05, 3.63) is 30.0 Å². The minimum atomic E-state index is 0.833. The maximum atomic E-state index is 5.46. The summed E-state index contributed by atoms with van der Waals surface area (Å²) in [6, 6.07) is 8.23. The van der Waals surface area contributed by atoms with Crippen molar-refractivity contribution >= 4 is 16.6 Å². The summed E-state index contributed by atoms with van der Waals surface area (Å²) in [4.78, 5) is 9.63. The van der Waals surface area contributed by atoms with Crippen LogP contribution in [0, 0.1) is 6.92 Å². The Labute approximate surface area is 151 Å². The molecule has 3 rings (SSSR count). The van der Waals surface area contributed by atoms with E-state index in [-0.39, 0.29) is 0 Å². The summed E-state index contributed by atoms with van der Waals surface area (Å²) in [6.07, 6.45) is 2.42. The summed E-state index contributed by atoms with van der Waals surface area (Å²) < 4.78 is 5.46. The fourth-order valence-electron chi connectivity index (χ4n) is 3.42. The summed E-state index contributed by atoms with van der Waals surface area (Å²) in [5.74, 6) is 0.833. The van der Waals surface area contributed by atoms with E-state index < -0.39 is 0 Å². The van der Waals surface area contributed by atoms with E-state index in [1.54, 1.807) is 7.11 Å². The number of pyridine rings is 1. The van der Waals surface area contributed by atoms with E-state index in [0.29, 0.717) is 0 Å². The number of piperazine rings is 1. The molecule has 0 aliphatic carbocycles. The lowest BCUT2D eigenvalue weighted by Crippen LogP contribution is -2.44. The molecule has 1 fully saturated rings. The lowest BCUT2D eigenvalue weighted by molar-refractivity contribution is 0.152.